The molecule has 2 aromatic rings. The van der Waals surface area contributed by atoms with E-state index in [1.54, 1.807) is 24.1 Å². The number of nitrogens with one attached hydrogen (secondary N) is 1. The molecule has 0 unspecified atom stereocenters. The van der Waals surface area contributed by atoms with E-state index in [0.717, 1.165) is 23.0 Å². The van der Waals surface area contributed by atoms with Crippen LogP contribution in [0.3, 0.4) is 0 Å². The van der Waals surface area contributed by atoms with Gasteiger partial charge in [0.15, 0.2) is 0 Å². The van der Waals surface area contributed by atoms with Gasteiger partial charge in [-0.2, -0.15) is 0 Å². The van der Waals surface area contributed by atoms with E-state index in [1.807, 2.05) is 31.2 Å². The van der Waals surface area contributed by atoms with Crippen molar-refractivity contribution in [3.8, 4) is 0 Å². The summed E-state index contributed by atoms with van der Waals surface area (Å²) in [5.74, 6) is -0.103. The first-order valence-electron chi connectivity index (χ1n) is 10.2. The van der Waals surface area contributed by atoms with Crippen molar-refractivity contribution in [2.45, 2.75) is 37.2 Å². The molecule has 3 amide bonds. The first-order chi connectivity index (χ1) is 14.7. The van der Waals surface area contributed by atoms with Crippen molar-refractivity contribution in [3.05, 3.63) is 64.6 Å². The van der Waals surface area contributed by atoms with Crippen LogP contribution in [0.2, 0.25) is 0 Å². The first-order valence-corrected chi connectivity index (χ1v) is 11.7. The Morgan fingerprint density at radius 2 is 1.90 bits per heavy atom. The van der Waals surface area contributed by atoms with E-state index in [0.29, 0.717) is 30.8 Å². The maximum absolute atomic E-state index is 13.0. The lowest BCUT2D eigenvalue weighted by atomic mass is 10.1. The van der Waals surface area contributed by atoms with Crippen molar-refractivity contribution in [1.29, 1.82) is 0 Å². The molecule has 0 spiro atoms. The van der Waals surface area contributed by atoms with Crippen LogP contribution in [0.15, 0.2) is 52.8 Å². The van der Waals surface area contributed by atoms with Gasteiger partial charge in [-0.1, -0.05) is 35.9 Å². The molecule has 0 radical (unpaired) electrons. The Hall–Kier alpha value is -3.13. The number of carbonyl (C=O) groups excluding carboxylic acids is 2. The predicted octanol–water partition coefficient (Wildman–Crippen LogP) is 3.41. The van der Waals surface area contributed by atoms with E-state index in [-0.39, 0.29) is 10.8 Å². The summed E-state index contributed by atoms with van der Waals surface area (Å²) in [7, 11) is -1.71. The van der Waals surface area contributed by atoms with Gasteiger partial charge in [0.05, 0.1) is 4.90 Å². The maximum atomic E-state index is 13.0. The highest BCUT2D eigenvalue weighted by Crippen LogP contribution is 2.30. The fourth-order valence-corrected chi connectivity index (χ4v) is 5.22. The van der Waals surface area contributed by atoms with Crippen LogP contribution in [-0.4, -0.2) is 49.8 Å². The van der Waals surface area contributed by atoms with Gasteiger partial charge < -0.3 is 15.1 Å². The Balaban J connectivity index is 1.44. The normalized spacial score (nSPS) is 18.6. The Morgan fingerprint density at radius 1 is 1.16 bits per heavy atom. The number of likely N-dealkylation sites (N-methyl/N-ethyl adjacent to an activating group) is 1. The summed E-state index contributed by atoms with van der Waals surface area (Å²) in [5, 5.41) is 3.91. The number of sulfone groups is 1. The average Bonchev–Trinajstić information content (AvgIpc) is 3.34. The molecule has 1 atom stereocenters. The van der Waals surface area contributed by atoms with Crippen molar-refractivity contribution < 1.29 is 18.0 Å². The number of amides is 3. The smallest absolute Gasteiger partial charge is 0.322 e. The number of hydrogen-bond acceptors (Lipinski definition) is 4. The van der Waals surface area contributed by atoms with E-state index >= 15 is 0 Å². The molecule has 1 fully saturated rings. The summed E-state index contributed by atoms with van der Waals surface area (Å²) in [5.41, 5.74) is 3.18. The van der Waals surface area contributed by atoms with Gasteiger partial charge in [0.2, 0.25) is 15.7 Å². The zero-order valence-electron chi connectivity index (χ0n) is 17.5. The number of carbonyl (C=O) groups is 2. The lowest BCUT2D eigenvalue weighted by molar-refractivity contribution is -0.134. The number of rotatable bonds is 4. The number of fused-ring (bicyclic) bond motifs is 1. The summed E-state index contributed by atoms with van der Waals surface area (Å²) in [6, 6.07) is 11.9. The number of likely N-dealkylation sites (tertiary alicyclic amines) is 1. The minimum atomic E-state index is -3.46. The Labute approximate surface area is 182 Å². The standard InChI is InChI=1S/C23H25N3O4S/c1-16-5-7-17(8-6-16)15-25(2)22(27)20-4-3-12-26(20)23(28)24-19-10-9-18-11-13-31(29,30)21(18)14-19/h5-11,13-14,20H,3-4,12,15H2,1-2H3,(H,24,28)/t20-/m1/s1. The quantitative estimate of drug-likeness (QED) is 0.791. The van der Waals surface area contributed by atoms with Gasteiger partial charge in [-0.15, -0.1) is 0 Å². The second-order valence-electron chi connectivity index (χ2n) is 8.06. The van der Waals surface area contributed by atoms with E-state index in [1.165, 1.54) is 17.0 Å². The summed E-state index contributed by atoms with van der Waals surface area (Å²) in [6.07, 6.45) is 2.88. The zero-order chi connectivity index (χ0) is 22.2. The second-order valence-corrected chi connectivity index (χ2v) is 9.86. The number of anilines is 1. The van der Waals surface area contributed by atoms with Gasteiger partial charge in [-0.05, 0) is 49.1 Å². The number of nitrogens with zero attached hydrogens (tertiary/aromatic N) is 2. The summed E-state index contributed by atoms with van der Waals surface area (Å²) in [6.45, 7) is 2.97. The van der Waals surface area contributed by atoms with Crippen molar-refractivity contribution >= 4 is 33.5 Å². The lowest BCUT2D eigenvalue weighted by Crippen LogP contribution is -2.47. The molecular formula is C23H25N3O4S. The molecule has 2 aliphatic heterocycles. The second kappa shape index (κ2) is 8.19. The highest BCUT2D eigenvalue weighted by molar-refractivity contribution is 7.94. The van der Waals surface area contributed by atoms with E-state index in [9.17, 15) is 18.0 Å². The van der Waals surface area contributed by atoms with Gasteiger partial charge >= 0.3 is 6.03 Å². The van der Waals surface area contributed by atoms with Crippen molar-refractivity contribution in [1.82, 2.24) is 9.80 Å². The molecule has 1 N–H and O–H groups in total. The Kier molecular flexibility index (Phi) is 5.58. The third-order valence-electron chi connectivity index (χ3n) is 5.71. The van der Waals surface area contributed by atoms with Crippen LogP contribution < -0.4 is 5.32 Å². The van der Waals surface area contributed by atoms with Crippen molar-refractivity contribution in [3.63, 3.8) is 0 Å². The highest BCUT2D eigenvalue weighted by Gasteiger charge is 2.36. The molecule has 2 aromatic carbocycles. The maximum Gasteiger partial charge on any atom is 0.322 e. The number of hydrogen-bond donors (Lipinski definition) is 1. The van der Waals surface area contributed by atoms with Crippen LogP contribution in [0.1, 0.15) is 29.5 Å². The van der Waals surface area contributed by atoms with Crippen LogP contribution in [0, 0.1) is 6.92 Å². The highest BCUT2D eigenvalue weighted by atomic mass is 32.2. The summed E-state index contributed by atoms with van der Waals surface area (Å²) in [4.78, 5) is 29.3. The van der Waals surface area contributed by atoms with E-state index in [2.05, 4.69) is 5.32 Å². The Bertz CT molecular complexity index is 1160. The molecule has 0 saturated carbocycles. The van der Waals surface area contributed by atoms with Gasteiger partial charge in [0, 0.05) is 31.2 Å². The van der Waals surface area contributed by atoms with E-state index < -0.39 is 21.9 Å². The monoisotopic (exact) mass is 439 g/mol. The Morgan fingerprint density at radius 3 is 2.65 bits per heavy atom. The molecule has 2 heterocycles. The van der Waals surface area contributed by atoms with Crippen LogP contribution in [0.4, 0.5) is 10.5 Å². The molecular weight excluding hydrogens is 414 g/mol. The molecule has 8 heteroatoms. The van der Waals surface area contributed by atoms with Gasteiger partial charge in [0.25, 0.3) is 0 Å². The van der Waals surface area contributed by atoms with Crippen molar-refractivity contribution in [2.24, 2.45) is 0 Å². The van der Waals surface area contributed by atoms with Gasteiger partial charge in [-0.25, -0.2) is 13.2 Å². The minimum Gasteiger partial charge on any atom is -0.340 e. The van der Waals surface area contributed by atoms with Crippen molar-refractivity contribution in [2.75, 3.05) is 18.9 Å². The summed E-state index contributed by atoms with van der Waals surface area (Å²) >= 11 is 0. The molecule has 162 valence electrons. The number of aryl methyl sites for hydroxylation is 1. The molecule has 0 aromatic heterocycles. The summed E-state index contributed by atoms with van der Waals surface area (Å²) < 4.78 is 24.1. The fourth-order valence-electron chi connectivity index (χ4n) is 3.99. The molecule has 0 bridgehead atoms. The van der Waals surface area contributed by atoms with E-state index in [4.69, 9.17) is 0 Å². The molecule has 1 saturated heterocycles. The first kappa shape index (κ1) is 21.1. The molecule has 31 heavy (non-hydrogen) atoms. The molecule has 0 aliphatic carbocycles. The third kappa shape index (κ3) is 4.34. The van der Waals surface area contributed by atoms with Gasteiger partial charge in [-0.3, -0.25) is 4.79 Å². The van der Waals surface area contributed by atoms with Crippen LogP contribution in [0.5, 0.6) is 0 Å². The largest absolute Gasteiger partial charge is 0.340 e. The van der Waals surface area contributed by atoms with Crippen LogP contribution in [0.25, 0.3) is 6.08 Å². The zero-order valence-corrected chi connectivity index (χ0v) is 18.4. The molecule has 4 rings (SSSR count). The average molecular weight is 440 g/mol. The predicted molar refractivity (Wildman–Crippen MR) is 119 cm³/mol. The number of urea groups is 1. The third-order valence-corrected chi connectivity index (χ3v) is 7.17. The number of benzene rings is 2. The van der Waals surface area contributed by atoms with Gasteiger partial charge in [0.1, 0.15) is 6.04 Å². The minimum absolute atomic E-state index is 0.103. The topological polar surface area (TPSA) is 86.8 Å². The molecule has 7 nitrogen and oxygen atoms in total. The SMILES string of the molecule is Cc1ccc(CN(C)C(=O)[C@H]2CCCN2C(=O)Nc2ccc3c(c2)S(=O)(=O)C=C3)cc1. The van der Waals surface area contributed by atoms with Crippen LogP contribution >= 0.6 is 0 Å². The van der Waals surface area contributed by atoms with Crippen LogP contribution in [-0.2, 0) is 21.2 Å². The molecule has 2 aliphatic rings. The lowest BCUT2D eigenvalue weighted by Gasteiger charge is -2.28. The fraction of sp³-hybridized carbons (Fsp3) is 0.304.